The first-order valence-electron chi connectivity index (χ1n) is 9.34. The zero-order valence-electron chi connectivity index (χ0n) is 16.5. The molecule has 1 aromatic heterocycles. The SMILES string of the molecule is C/C=C\C(C)=C(/N1c2ccccc2Sc2cccc(-c3ccccn3)c21)S(=O)(=O)O. The van der Waals surface area contributed by atoms with Crippen LogP contribution in [0.5, 0.6) is 0 Å². The second-order valence-electron chi connectivity index (χ2n) is 6.74. The minimum atomic E-state index is -4.55. The van der Waals surface area contributed by atoms with E-state index in [9.17, 15) is 13.0 Å². The van der Waals surface area contributed by atoms with E-state index in [0.717, 1.165) is 21.0 Å². The fraction of sp³-hybridized carbons (Fsp3) is 0.0870. The number of benzene rings is 2. The number of hydrogen-bond donors (Lipinski definition) is 1. The van der Waals surface area contributed by atoms with E-state index in [1.807, 2.05) is 60.7 Å². The summed E-state index contributed by atoms with van der Waals surface area (Å²) in [6, 6.07) is 19.0. The summed E-state index contributed by atoms with van der Waals surface area (Å²) in [4.78, 5) is 7.89. The molecule has 1 N–H and O–H groups in total. The van der Waals surface area contributed by atoms with E-state index in [0.29, 0.717) is 16.9 Å². The molecule has 0 bridgehead atoms. The number of hydrogen-bond acceptors (Lipinski definition) is 5. The van der Waals surface area contributed by atoms with Gasteiger partial charge in [0.05, 0.1) is 17.1 Å². The largest absolute Gasteiger partial charge is 0.310 e. The lowest BCUT2D eigenvalue weighted by Gasteiger charge is -2.35. The number of nitrogens with zero attached hydrogens (tertiary/aromatic N) is 2. The van der Waals surface area contributed by atoms with Crippen LogP contribution in [0.4, 0.5) is 11.4 Å². The molecule has 0 amide bonds. The van der Waals surface area contributed by atoms with E-state index >= 15 is 0 Å². The van der Waals surface area contributed by atoms with Crippen LogP contribution in [-0.4, -0.2) is 18.0 Å². The van der Waals surface area contributed by atoms with Gasteiger partial charge in [-0.15, -0.1) is 0 Å². The smallest absolute Gasteiger partial charge is 0.296 e. The monoisotopic (exact) mass is 436 g/mol. The van der Waals surface area contributed by atoms with Crippen molar-refractivity contribution in [2.24, 2.45) is 0 Å². The van der Waals surface area contributed by atoms with Crippen LogP contribution in [0.25, 0.3) is 11.3 Å². The lowest BCUT2D eigenvalue weighted by Crippen LogP contribution is -2.27. The van der Waals surface area contributed by atoms with Gasteiger partial charge in [0, 0.05) is 21.6 Å². The van der Waals surface area contributed by atoms with Crippen molar-refractivity contribution in [3.05, 3.63) is 89.6 Å². The van der Waals surface area contributed by atoms with E-state index in [1.165, 1.54) is 0 Å². The van der Waals surface area contributed by atoms with Crippen molar-refractivity contribution in [1.29, 1.82) is 0 Å². The van der Waals surface area contributed by atoms with Gasteiger partial charge >= 0.3 is 10.1 Å². The van der Waals surface area contributed by atoms with Crippen LogP contribution in [0, 0.1) is 0 Å². The normalized spacial score (nSPS) is 14.3. The van der Waals surface area contributed by atoms with Crippen LogP contribution in [-0.2, 0) is 10.1 Å². The summed E-state index contributed by atoms with van der Waals surface area (Å²) in [7, 11) is -4.55. The number of pyridine rings is 1. The third kappa shape index (κ3) is 3.67. The lowest BCUT2D eigenvalue weighted by atomic mass is 10.1. The van der Waals surface area contributed by atoms with Gasteiger partial charge in [0.25, 0.3) is 0 Å². The maximum absolute atomic E-state index is 12.6. The molecule has 3 aromatic rings. The molecule has 7 heteroatoms. The van der Waals surface area contributed by atoms with Crippen molar-refractivity contribution in [3.63, 3.8) is 0 Å². The Morgan fingerprint density at radius 3 is 2.47 bits per heavy atom. The molecule has 0 saturated heterocycles. The molecule has 2 heterocycles. The third-order valence-corrected chi connectivity index (χ3v) is 6.80. The van der Waals surface area contributed by atoms with Crippen molar-refractivity contribution in [2.75, 3.05) is 4.90 Å². The Kier molecular flexibility index (Phi) is 5.51. The number of allylic oxidation sites excluding steroid dienone is 3. The van der Waals surface area contributed by atoms with Crippen molar-refractivity contribution in [3.8, 4) is 11.3 Å². The van der Waals surface area contributed by atoms with Crippen LogP contribution < -0.4 is 4.90 Å². The lowest BCUT2D eigenvalue weighted by molar-refractivity contribution is 0.489. The Hall–Kier alpha value is -2.87. The topological polar surface area (TPSA) is 70.5 Å². The molecule has 30 heavy (non-hydrogen) atoms. The van der Waals surface area contributed by atoms with Crippen LogP contribution in [0.2, 0.25) is 0 Å². The Balaban J connectivity index is 2.11. The Morgan fingerprint density at radius 2 is 1.77 bits per heavy atom. The Labute approximate surface area is 180 Å². The number of fused-ring (bicyclic) bond motifs is 2. The summed E-state index contributed by atoms with van der Waals surface area (Å²) in [5.41, 5.74) is 3.30. The highest BCUT2D eigenvalue weighted by Gasteiger charge is 2.34. The molecule has 5 nitrogen and oxygen atoms in total. The minimum Gasteiger partial charge on any atom is -0.296 e. The zero-order valence-corrected chi connectivity index (χ0v) is 18.1. The van der Waals surface area contributed by atoms with Crippen LogP contribution in [0.3, 0.4) is 0 Å². The van der Waals surface area contributed by atoms with E-state index in [1.54, 1.807) is 48.9 Å². The maximum atomic E-state index is 12.6. The summed E-state index contributed by atoms with van der Waals surface area (Å²) in [6.45, 7) is 3.48. The molecule has 0 aliphatic carbocycles. The molecule has 0 saturated carbocycles. The van der Waals surface area contributed by atoms with Crippen molar-refractivity contribution < 1.29 is 13.0 Å². The van der Waals surface area contributed by atoms with E-state index in [-0.39, 0.29) is 5.03 Å². The maximum Gasteiger partial charge on any atom is 0.310 e. The Morgan fingerprint density at radius 1 is 1.03 bits per heavy atom. The van der Waals surface area contributed by atoms with E-state index in [2.05, 4.69) is 4.98 Å². The van der Waals surface area contributed by atoms with Crippen molar-refractivity contribution >= 4 is 33.3 Å². The first-order chi connectivity index (χ1) is 14.4. The average Bonchev–Trinajstić information content (AvgIpc) is 2.73. The zero-order chi connectivity index (χ0) is 21.3. The van der Waals surface area contributed by atoms with Gasteiger partial charge in [0.2, 0.25) is 0 Å². The quantitative estimate of drug-likeness (QED) is 0.397. The van der Waals surface area contributed by atoms with Gasteiger partial charge in [0.1, 0.15) is 0 Å². The highest BCUT2D eigenvalue weighted by atomic mass is 32.2. The van der Waals surface area contributed by atoms with Gasteiger partial charge in [0.15, 0.2) is 5.03 Å². The summed E-state index contributed by atoms with van der Waals surface area (Å²) in [5, 5.41) is -0.169. The fourth-order valence-electron chi connectivity index (χ4n) is 3.56. The van der Waals surface area contributed by atoms with Crippen molar-refractivity contribution in [1.82, 2.24) is 4.98 Å². The summed E-state index contributed by atoms with van der Waals surface area (Å²) in [6.07, 6.45) is 5.13. The van der Waals surface area contributed by atoms with Gasteiger partial charge in [-0.1, -0.05) is 54.2 Å². The van der Waals surface area contributed by atoms with Crippen LogP contribution in [0.1, 0.15) is 13.8 Å². The molecule has 0 fully saturated rings. The van der Waals surface area contributed by atoms with Gasteiger partial charge in [-0.25, -0.2) is 0 Å². The Bertz CT molecular complexity index is 1270. The fourth-order valence-corrected chi connectivity index (χ4v) is 5.55. The van der Waals surface area contributed by atoms with Crippen LogP contribution >= 0.6 is 11.8 Å². The molecule has 0 radical (unpaired) electrons. The molecule has 152 valence electrons. The molecule has 4 rings (SSSR count). The first-order valence-corrected chi connectivity index (χ1v) is 11.6. The molecule has 1 aliphatic heterocycles. The van der Waals surface area contributed by atoms with Gasteiger partial charge < -0.3 is 0 Å². The summed E-state index contributed by atoms with van der Waals surface area (Å²) < 4.78 is 35.5. The molecular weight excluding hydrogens is 416 g/mol. The molecule has 1 aliphatic rings. The second kappa shape index (κ2) is 8.10. The number of rotatable bonds is 4. The van der Waals surface area contributed by atoms with Gasteiger partial charge in [-0.2, -0.15) is 8.42 Å². The summed E-state index contributed by atoms with van der Waals surface area (Å²) >= 11 is 1.56. The van der Waals surface area contributed by atoms with E-state index in [4.69, 9.17) is 0 Å². The van der Waals surface area contributed by atoms with Crippen molar-refractivity contribution in [2.45, 2.75) is 23.6 Å². The molecule has 0 spiro atoms. The molecular formula is C23H20N2O3S2. The third-order valence-electron chi connectivity index (χ3n) is 4.69. The van der Waals surface area contributed by atoms with Gasteiger partial charge in [-0.3, -0.25) is 14.4 Å². The standard InChI is InChI=1S/C23H20N2O3S2/c1-3-9-16(2)23(30(26,27)28)25-19-12-4-5-13-20(19)29-21-14-8-10-17(22(21)25)18-11-6-7-15-24-18/h3-15H,1-2H3,(H,26,27,28)/b9-3-,23-16+. The minimum absolute atomic E-state index is 0.169. The average molecular weight is 437 g/mol. The number of anilines is 2. The highest BCUT2D eigenvalue weighted by Crippen LogP contribution is 2.53. The number of aromatic nitrogens is 1. The molecule has 0 atom stereocenters. The first kappa shape index (κ1) is 20.4. The van der Waals surface area contributed by atoms with Crippen LogP contribution in [0.15, 0.2) is 99.4 Å². The van der Waals surface area contributed by atoms with E-state index < -0.39 is 10.1 Å². The second-order valence-corrected chi connectivity index (χ2v) is 9.16. The number of para-hydroxylation sites is 2. The molecule has 0 unspecified atom stereocenters. The predicted molar refractivity (Wildman–Crippen MR) is 121 cm³/mol. The summed E-state index contributed by atoms with van der Waals surface area (Å²) in [5.74, 6) is 0. The van der Waals surface area contributed by atoms with Gasteiger partial charge in [-0.05, 0) is 49.8 Å². The highest BCUT2D eigenvalue weighted by molar-refractivity contribution is 7.99. The predicted octanol–water partition coefficient (Wildman–Crippen LogP) is 6.05. The molecule has 2 aromatic carbocycles.